The normalized spacial score (nSPS) is 16.7. The molecule has 0 aliphatic carbocycles. The van der Waals surface area contributed by atoms with Gasteiger partial charge < -0.3 is 4.90 Å². The summed E-state index contributed by atoms with van der Waals surface area (Å²) in [6.07, 6.45) is 7.66. The zero-order valence-corrected chi connectivity index (χ0v) is 21.9. The number of amides is 1. The lowest BCUT2D eigenvalue weighted by molar-refractivity contribution is -0.110. The Morgan fingerprint density at radius 3 is 2.51 bits per heavy atom. The van der Waals surface area contributed by atoms with E-state index < -0.39 is 6.18 Å². The van der Waals surface area contributed by atoms with Gasteiger partial charge in [0.15, 0.2) is 0 Å². The number of nitrogens with zero attached hydrogens (tertiary/aromatic N) is 6. The molecule has 1 amide bonds. The number of hydrogen-bond acceptors (Lipinski definition) is 4. The highest BCUT2D eigenvalue weighted by atomic mass is 19.4. The second-order valence-electron chi connectivity index (χ2n) is 9.14. The first-order valence-electron chi connectivity index (χ1n) is 12.7. The third-order valence-electron chi connectivity index (χ3n) is 6.28. The highest BCUT2D eigenvalue weighted by molar-refractivity contribution is 5.92. The quantitative estimate of drug-likeness (QED) is 0.306. The predicted octanol–water partition coefficient (Wildman–Crippen LogP) is 6.05. The second-order valence-corrected chi connectivity index (χ2v) is 9.14. The van der Waals surface area contributed by atoms with E-state index in [-0.39, 0.29) is 12.8 Å². The van der Waals surface area contributed by atoms with Gasteiger partial charge in [0.1, 0.15) is 23.7 Å². The average molecular weight is 517 g/mol. The van der Waals surface area contributed by atoms with Crippen LogP contribution in [-0.2, 0) is 6.42 Å². The topological polar surface area (TPSA) is 68.3 Å². The first-order valence-corrected chi connectivity index (χ1v) is 12.7. The van der Waals surface area contributed by atoms with Crippen LogP contribution in [0, 0.1) is 6.92 Å². The van der Waals surface area contributed by atoms with Gasteiger partial charge in [-0.3, -0.25) is 9.36 Å². The van der Waals surface area contributed by atoms with Gasteiger partial charge in [0.25, 0.3) is 5.91 Å². The molecule has 3 aromatic rings. The highest BCUT2D eigenvalue weighted by Crippen LogP contribution is 2.30. The number of rotatable bonds is 5. The summed E-state index contributed by atoms with van der Waals surface area (Å²) in [7, 11) is 0. The van der Waals surface area contributed by atoms with Crippen molar-refractivity contribution >= 4 is 11.7 Å². The van der Waals surface area contributed by atoms with Gasteiger partial charge in [0, 0.05) is 45.2 Å². The van der Waals surface area contributed by atoms with E-state index in [1.54, 1.807) is 23.4 Å². The Bertz CT molecular complexity index is 1180. The van der Waals surface area contributed by atoms with E-state index in [0.717, 1.165) is 50.4 Å². The van der Waals surface area contributed by atoms with E-state index in [1.165, 1.54) is 11.1 Å². The molecule has 1 saturated heterocycles. The first kappa shape index (κ1) is 28.1. The zero-order valence-electron chi connectivity index (χ0n) is 21.9. The van der Waals surface area contributed by atoms with E-state index in [0.29, 0.717) is 18.0 Å². The van der Waals surface area contributed by atoms with Crippen LogP contribution in [0.2, 0.25) is 0 Å². The van der Waals surface area contributed by atoms with Crippen LogP contribution in [-0.4, -0.2) is 55.1 Å². The molecule has 7 nitrogen and oxygen atoms in total. The highest BCUT2D eigenvalue weighted by Gasteiger charge is 2.25. The Kier molecular flexibility index (Phi) is 9.66. The third-order valence-corrected chi connectivity index (χ3v) is 6.28. The Labute approximate surface area is 216 Å². The Balaban J connectivity index is 0.000000695. The standard InChI is InChI=1S/C25H32N6O.C2H3F3/c1-4-23-27-22(17-31(23)28-24(5-2)30-16-13-26-18-30)25(32)29-14-8-10-20(12-15-29)21-11-7-6-9-19(21)3;1-2(3,4)5/h6-7,9,11,13,16-18,20H,4-5,8,10,12,14-15H2,1-3H3;1H3/b28-24+;. The van der Waals surface area contributed by atoms with Gasteiger partial charge in [0.05, 0.1) is 6.20 Å². The van der Waals surface area contributed by atoms with Crippen LogP contribution in [0.15, 0.2) is 54.3 Å². The minimum absolute atomic E-state index is 0.000220. The molecule has 1 aromatic carbocycles. The maximum Gasteiger partial charge on any atom is 0.386 e. The van der Waals surface area contributed by atoms with Crippen LogP contribution in [0.3, 0.4) is 0 Å². The number of alkyl halides is 3. The van der Waals surface area contributed by atoms with Crippen molar-refractivity contribution in [3.8, 4) is 0 Å². The van der Waals surface area contributed by atoms with Crippen LogP contribution in [0.4, 0.5) is 13.2 Å². The summed E-state index contributed by atoms with van der Waals surface area (Å²) < 4.78 is 34.7. The molecule has 0 saturated carbocycles. The number of likely N-dealkylation sites (tertiary alicyclic amines) is 1. The van der Waals surface area contributed by atoms with Gasteiger partial charge in [-0.1, -0.05) is 38.1 Å². The van der Waals surface area contributed by atoms with Gasteiger partial charge in [-0.25, -0.2) is 14.6 Å². The molecule has 3 heterocycles. The second kappa shape index (κ2) is 12.7. The summed E-state index contributed by atoms with van der Waals surface area (Å²) in [5, 5.41) is 4.74. The fourth-order valence-electron chi connectivity index (χ4n) is 4.50. The Morgan fingerprint density at radius 2 is 1.89 bits per heavy atom. The lowest BCUT2D eigenvalue weighted by Crippen LogP contribution is -2.32. The average Bonchev–Trinajstić information content (AvgIpc) is 3.46. The molecule has 4 rings (SSSR count). The predicted molar refractivity (Wildman–Crippen MR) is 138 cm³/mol. The van der Waals surface area contributed by atoms with Crippen molar-refractivity contribution in [3.05, 3.63) is 71.8 Å². The number of halogens is 3. The molecule has 0 radical (unpaired) electrons. The van der Waals surface area contributed by atoms with Crippen molar-refractivity contribution in [2.24, 2.45) is 5.10 Å². The van der Waals surface area contributed by atoms with Crippen LogP contribution < -0.4 is 0 Å². The van der Waals surface area contributed by atoms with Crippen LogP contribution >= 0.6 is 0 Å². The van der Waals surface area contributed by atoms with Crippen molar-refractivity contribution < 1.29 is 18.0 Å². The van der Waals surface area contributed by atoms with Gasteiger partial charge in [0.2, 0.25) is 0 Å². The van der Waals surface area contributed by atoms with E-state index in [4.69, 9.17) is 5.10 Å². The monoisotopic (exact) mass is 516 g/mol. The minimum Gasteiger partial charge on any atom is -0.337 e. The molecule has 1 unspecified atom stereocenters. The van der Waals surface area contributed by atoms with E-state index >= 15 is 0 Å². The van der Waals surface area contributed by atoms with E-state index in [1.807, 2.05) is 22.6 Å². The van der Waals surface area contributed by atoms with Crippen molar-refractivity contribution in [1.29, 1.82) is 0 Å². The summed E-state index contributed by atoms with van der Waals surface area (Å²) in [4.78, 5) is 24.0. The molecule has 200 valence electrons. The van der Waals surface area contributed by atoms with Crippen LogP contribution in [0.1, 0.15) is 79.8 Å². The Hall–Kier alpha value is -3.43. The summed E-state index contributed by atoms with van der Waals surface area (Å²) in [6.45, 7) is 7.97. The largest absolute Gasteiger partial charge is 0.386 e. The molecule has 1 aliphatic rings. The lowest BCUT2D eigenvalue weighted by Gasteiger charge is -2.20. The fraction of sp³-hybridized carbons (Fsp3) is 0.481. The number of hydrogen-bond donors (Lipinski definition) is 0. The molecular weight excluding hydrogens is 481 g/mol. The van der Waals surface area contributed by atoms with E-state index in [9.17, 15) is 18.0 Å². The summed E-state index contributed by atoms with van der Waals surface area (Å²) in [6, 6.07) is 8.61. The van der Waals surface area contributed by atoms with Gasteiger partial charge in [-0.05, 0) is 43.2 Å². The minimum atomic E-state index is -4.00. The zero-order chi connectivity index (χ0) is 27.0. The number of aromatic nitrogens is 4. The number of benzene rings is 1. The Morgan fingerprint density at radius 1 is 1.16 bits per heavy atom. The third kappa shape index (κ3) is 8.03. The smallest absolute Gasteiger partial charge is 0.337 e. The maximum absolute atomic E-state index is 13.3. The lowest BCUT2D eigenvalue weighted by atomic mass is 9.89. The number of imidazole rings is 2. The molecule has 1 fully saturated rings. The molecule has 37 heavy (non-hydrogen) atoms. The number of carbonyl (C=O) groups excluding carboxylic acids is 1. The summed E-state index contributed by atoms with van der Waals surface area (Å²) in [5.74, 6) is 2.14. The van der Waals surface area contributed by atoms with Crippen molar-refractivity contribution in [2.75, 3.05) is 13.1 Å². The molecule has 1 atom stereocenters. The maximum atomic E-state index is 13.3. The summed E-state index contributed by atoms with van der Waals surface area (Å²) >= 11 is 0. The van der Waals surface area contributed by atoms with Crippen molar-refractivity contribution in [3.63, 3.8) is 0 Å². The van der Waals surface area contributed by atoms with Crippen molar-refractivity contribution in [2.45, 2.75) is 71.9 Å². The number of aryl methyl sites for hydroxylation is 2. The van der Waals surface area contributed by atoms with Gasteiger partial charge >= 0.3 is 6.18 Å². The first-order chi connectivity index (χ1) is 17.6. The summed E-state index contributed by atoms with van der Waals surface area (Å²) in [5.41, 5.74) is 3.23. The SMILES string of the molecule is CC(F)(F)F.CC/C(=N\n1cc(C(=O)N2CCCC(c3ccccc3C)CC2)nc1CC)n1ccnc1. The fourth-order valence-corrected chi connectivity index (χ4v) is 4.50. The van der Waals surface area contributed by atoms with Gasteiger partial charge in [-0.2, -0.15) is 18.3 Å². The molecule has 0 bridgehead atoms. The van der Waals surface area contributed by atoms with Crippen molar-refractivity contribution in [1.82, 2.24) is 24.1 Å². The van der Waals surface area contributed by atoms with Crippen LogP contribution in [0.5, 0.6) is 0 Å². The van der Waals surface area contributed by atoms with Crippen LogP contribution in [0.25, 0.3) is 0 Å². The molecule has 2 aromatic heterocycles. The molecular formula is C27H35F3N6O. The van der Waals surface area contributed by atoms with Gasteiger partial charge in [-0.15, -0.1) is 0 Å². The molecule has 10 heteroatoms. The molecule has 1 aliphatic heterocycles. The van der Waals surface area contributed by atoms with E-state index in [2.05, 4.69) is 48.1 Å². The number of carbonyl (C=O) groups is 1. The molecule has 0 N–H and O–H groups in total. The molecule has 0 spiro atoms.